The van der Waals surface area contributed by atoms with E-state index in [-0.39, 0.29) is 18.3 Å². The van der Waals surface area contributed by atoms with Crippen LogP contribution in [0, 0.1) is 0 Å². The van der Waals surface area contributed by atoms with Crippen molar-refractivity contribution in [1.29, 1.82) is 0 Å². The highest BCUT2D eigenvalue weighted by molar-refractivity contribution is 5.98. The molecule has 1 aromatic heterocycles. The normalized spacial score (nSPS) is 20.1. The molecule has 7 heteroatoms. The second-order valence-corrected chi connectivity index (χ2v) is 7.35. The van der Waals surface area contributed by atoms with Gasteiger partial charge in [-0.05, 0) is 18.1 Å². The van der Waals surface area contributed by atoms with Gasteiger partial charge >= 0.3 is 0 Å². The van der Waals surface area contributed by atoms with Crippen molar-refractivity contribution in [2.75, 3.05) is 51.3 Å². The number of aliphatic hydroxyl groups excluding tert-OH is 1. The lowest BCUT2D eigenvalue weighted by molar-refractivity contribution is 0.0962. The minimum absolute atomic E-state index is 0.0697. The topological polar surface area (TPSA) is 78.8 Å². The number of hydrogen-bond donors (Lipinski definition) is 1. The highest BCUT2D eigenvalue weighted by Gasteiger charge is 2.30. The van der Waals surface area contributed by atoms with Crippen molar-refractivity contribution < 1.29 is 14.6 Å². The zero-order chi connectivity index (χ0) is 19.5. The molecule has 2 heterocycles. The van der Waals surface area contributed by atoms with E-state index in [2.05, 4.69) is 14.8 Å². The van der Waals surface area contributed by atoms with Crippen molar-refractivity contribution in [1.82, 2.24) is 14.9 Å². The molecule has 1 N–H and O–H groups in total. The summed E-state index contributed by atoms with van der Waals surface area (Å²) in [6.07, 6.45) is 2.86. The first-order valence-electron chi connectivity index (χ1n) is 9.79. The number of aromatic nitrogens is 2. The molecule has 1 fully saturated rings. The first-order valence-corrected chi connectivity index (χ1v) is 9.79. The predicted molar refractivity (Wildman–Crippen MR) is 106 cm³/mol. The van der Waals surface area contributed by atoms with Gasteiger partial charge in [-0.2, -0.15) is 0 Å². The fourth-order valence-electron chi connectivity index (χ4n) is 4.12. The number of fused-ring (bicyclic) bond motifs is 1. The second kappa shape index (κ2) is 8.24. The summed E-state index contributed by atoms with van der Waals surface area (Å²) in [4.78, 5) is 26.3. The number of β-amino-alcohol motifs (C(OH)–C–C–N with tert-alkyl or cyclic N) is 1. The molecular weight excluding hydrogens is 356 g/mol. The molecule has 1 aromatic carbocycles. The molecule has 0 spiro atoms. The molecule has 1 aliphatic carbocycles. The van der Waals surface area contributed by atoms with Gasteiger partial charge in [-0.3, -0.25) is 9.69 Å². The molecule has 0 unspecified atom stereocenters. The Labute approximate surface area is 165 Å². The van der Waals surface area contributed by atoms with E-state index in [1.54, 1.807) is 13.3 Å². The largest absolute Gasteiger partial charge is 0.496 e. The maximum absolute atomic E-state index is 12.7. The van der Waals surface area contributed by atoms with Gasteiger partial charge in [0.2, 0.25) is 5.95 Å². The summed E-state index contributed by atoms with van der Waals surface area (Å²) in [5.74, 6) is 1.67. The number of carbonyl (C=O) groups is 1. The van der Waals surface area contributed by atoms with E-state index in [0.29, 0.717) is 30.9 Å². The van der Waals surface area contributed by atoms with Crippen LogP contribution in [-0.4, -0.2) is 72.2 Å². The van der Waals surface area contributed by atoms with Gasteiger partial charge in [0, 0.05) is 51.3 Å². The smallest absolute Gasteiger partial charge is 0.225 e. The summed E-state index contributed by atoms with van der Waals surface area (Å²) in [7, 11) is 1.66. The van der Waals surface area contributed by atoms with Crippen LogP contribution in [0.15, 0.2) is 30.5 Å². The van der Waals surface area contributed by atoms with E-state index in [0.717, 1.165) is 43.2 Å². The van der Waals surface area contributed by atoms with Gasteiger partial charge in [0.15, 0.2) is 5.78 Å². The van der Waals surface area contributed by atoms with E-state index < -0.39 is 0 Å². The van der Waals surface area contributed by atoms with E-state index in [4.69, 9.17) is 14.8 Å². The summed E-state index contributed by atoms with van der Waals surface area (Å²) < 4.78 is 5.50. The zero-order valence-corrected chi connectivity index (χ0v) is 16.2. The number of hydrogen-bond acceptors (Lipinski definition) is 7. The molecule has 1 aliphatic heterocycles. The van der Waals surface area contributed by atoms with Crippen LogP contribution in [0.4, 0.5) is 5.95 Å². The molecule has 0 saturated carbocycles. The Morgan fingerprint density at radius 1 is 1.18 bits per heavy atom. The number of methoxy groups -OCH3 is 1. The molecule has 2 aliphatic rings. The van der Waals surface area contributed by atoms with Gasteiger partial charge in [-0.25, -0.2) is 9.97 Å². The molecular formula is C21H26N4O3. The van der Waals surface area contributed by atoms with Crippen LogP contribution in [-0.2, 0) is 6.42 Å². The van der Waals surface area contributed by atoms with E-state index in [1.807, 2.05) is 24.3 Å². The number of carbonyl (C=O) groups excluding carboxylic acids is 1. The van der Waals surface area contributed by atoms with Gasteiger partial charge in [0.05, 0.1) is 25.0 Å². The molecule has 28 heavy (non-hydrogen) atoms. The number of ketones is 1. The summed E-state index contributed by atoms with van der Waals surface area (Å²) in [5, 5.41) is 9.09. The number of anilines is 1. The van der Waals surface area contributed by atoms with Crippen molar-refractivity contribution in [3.05, 3.63) is 47.3 Å². The summed E-state index contributed by atoms with van der Waals surface area (Å²) in [5.41, 5.74) is 2.53. The highest BCUT2D eigenvalue weighted by Crippen LogP contribution is 2.36. The Hall–Kier alpha value is -2.51. The lowest BCUT2D eigenvalue weighted by Gasteiger charge is -2.34. The van der Waals surface area contributed by atoms with Crippen molar-refractivity contribution >= 4 is 11.7 Å². The predicted octanol–water partition coefficient (Wildman–Crippen LogP) is 1.51. The number of benzene rings is 1. The van der Waals surface area contributed by atoms with Crippen LogP contribution in [0.5, 0.6) is 5.75 Å². The summed E-state index contributed by atoms with van der Waals surface area (Å²) >= 11 is 0. The van der Waals surface area contributed by atoms with Gasteiger partial charge < -0.3 is 14.7 Å². The molecule has 1 saturated heterocycles. The fourth-order valence-corrected chi connectivity index (χ4v) is 4.12. The minimum atomic E-state index is 0.0697. The molecule has 0 radical (unpaired) electrons. The van der Waals surface area contributed by atoms with E-state index >= 15 is 0 Å². The van der Waals surface area contributed by atoms with Gasteiger partial charge in [-0.15, -0.1) is 0 Å². The van der Waals surface area contributed by atoms with E-state index in [9.17, 15) is 4.79 Å². The average molecular weight is 382 g/mol. The third-order valence-corrected chi connectivity index (χ3v) is 5.68. The van der Waals surface area contributed by atoms with Crippen LogP contribution in [0.2, 0.25) is 0 Å². The fraction of sp³-hybridized carbons (Fsp3) is 0.476. The highest BCUT2D eigenvalue weighted by atomic mass is 16.5. The molecule has 7 nitrogen and oxygen atoms in total. The maximum atomic E-state index is 12.7. The molecule has 2 aromatic rings. The zero-order valence-electron chi connectivity index (χ0n) is 16.2. The molecule has 4 rings (SSSR count). The number of nitrogens with zero attached hydrogens (tertiary/aromatic N) is 4. The SMILES string of the molecule is COc1ccccc1[C@@H]1CC(=O)c2cnc(N3CCN(CCO)CC3)nc2C1. The molecule has 148 valence electrons. The number of Topliss-reactive ketones (excluding diaryl/α,β-unsaturated/α-hetero) is 1. The van der Waals surface area contributed by atoms with E-state index in [1.165, 1.54) is 0 Å². The number of ether oxygens (including phenoxy) is 1. The Balaban J connectivity index is 1.55. The summed E-state index contributed by atoms with van der Waals surface area (Å²) in [6, 6.07) is 7.89. The number of aliphatic hydroxyl groups is 1. The third-order valence-electron chi connectivity index (χ3n) is 5.68. The molecule has 0 bridgehead atoms. The molecule has 0 amide bonds. The third kappa shape index (κ3) is 3.72. The maximum Gasteiger partial charge on any atom is 0.225 e. The van der Waals surface area contributed by atoms with Crippen LogP contribution in [0.3, 0.4) is 0 Å². The Morgan fingerprint density at radius 3 is 2.71 bits per heavy atom. The summed E-state index contributed by atoms with van der Waals surface area (Å²) in [6.45, 7) is 4.29. The van der Waals surface area contributed by atoms with Crippen LogP contribution in [0.25, 0.3) is 0 Å². The Morgan fingerprint density at radius 2 is 1.96 bits per heavy atom. The lowest BCUT2D eigenvalue weighted by Crippen LogP contribution is -2.47. The number of piperazine rings is 1. The van der Waals surface area contributed by atoms with Crippen molar-refractivity contribution in [3.8, 4) is 5.75 Å². The van der Waals surface area contributed by atoms with Gasteiger partial charge in [0.25, 0.3) is 0 Å². The number of rotatable bonds is 5. The van der Waals surface area contributed by atoms with Crippen molar-refractivity contribution in [2.45, 2.75) is 18.8 Å². The Kier molecular flexibility index (Phi) is 5.54. The van der Waals surface area contributed by atoms with Crippen LogP contribution in [0.1, 0.15) is 34.0 Å². The van der Waals surface area contributed by atoms with Crippen molar-refractivity contribution in [3.63, 3.8) is 0 Å². The Bertz CT molecular complexity index is 849. The number of para-hydroxylation sites is 1. The molecule has 1 atom stereocenters. The van der Waals surface area contributed by atoms with Gasteiger partial charge in [0.1, 0.15) is 5.75 Å². The van der Waals surface area contributed by atoms with Crippen molar-refractivity contribution in [2.24, 2.45) is 0 Å². The average Bonchev–Trinajstić information content (AvgIpc) is 2.74. The standard InChI is InChI=1S/C21H26N4O3/c1-28-20-5-3-2-4-16(20)15-12-18-17(19(27)13-15)14-22-21(23-18)25-8-6-24(7-9-25)10-11-26/h2-5,14-15,26H,6-13H2,1H3/t15-/m0/s1. The van der Waals surface area contributed by atoms with Crippen LogP contribution < -0.4 is 9.64 Å². The lowest BCUT2D eigenvalue weighted by atomic mass is 9.82. The van der Waals surface area contributed by atoms with Crippen LogP contribution >= 0.6 is 0 Å². The minimum Gasteiger partial charge on any atom is -0.496 e. The first kappa shape index (κ1) is 18.8. The monoisotopic (exact) mass is 382 g/mol. The second-order valence-electron chi connectivity index (χ2n) is 7.35. The first-order chi connectivity index (χ1) is 13.7. The van der Waals surface area contributed by atoms with Gasteiger partial charge in [-0.1, -0.05) is 18.2 Å². The quantitative estimate of drug-likeness (QED) is 0.840.